The highest BCUT2D eigenvalue weighted by Crippen LogP contribution is 1.93. The molecule has 0 fully saturated rings. The molecule has 4 heteroatoms. The fraction of sp³-hybridized carbons (Fsp3) is 0. The highest BCUT2D eigenvalue weighted by atomic mass is 16.5. The summed E-state index contributed by atoms with van der Waals surface area (Å²) in [6.07, 6.45) is 0. The minimum atomic E-state index is -0.662. The largest absolute Gasteiger partial charge is 0.434 e. The van der Waals surface area contributed by atoms with Crippen LogP contribution in [0.2, 0.25) is 0 Å². The number of hydrogen-bond donors (Lipinski definition) is 0. The van der Waals surface area contributed by atoms with Crippen molar-refractivity contribution in [1.29, 1.82) is 0 Å². The van der Waals surface area contributed by atoms with Crippen molar-refractivity contribution in [3.8, 4) is 0 Å². The van der Waals surface area contributed by atoms with Crippen LogP contribution in [0.3, 0.4) is 0 Å². The molecule has 4 nitrogen and oxygen atoms in total. The second-order valence-corrected chi connectivity index (χ2v) is 1.44. The lowest BCUT2D eigenvalue weighted by Crippen LogP contribution is -1.98. The third kappa shape index (κ3) is 0.228. The van der Waals surface area contributed by atoms with Crippen molar-refractivity contribution in [2.75, 3.05) is 0 Å². The Bertz CT molecular complexity index is 383. The first-order valence-electron chi connectivity index (χ1n) is 1.97. The van der Waals surface area contributed by atoms with Crippen LogP contribution < -0.4 is 11.3 Å². The highest BCUT2D eigenvalue weighted by molar-refractivity contribution is 4.90. The molecule has 0 saturated heterocycles. The van der Waals surface area contributed by atoms with Crippen molar-refractivity contribution in [2.45, 2.75) is 0 Å². The molecule has 0 radical (unpaired) electrons. The first-order chi connectivity index (χ1) is 3.79. The van der Waals surface area contributed by atoms with Crippen molar-refractivity contribution >= 4 is 0 Å². The molecule has 0 aromatic heterocycles. The van der Waals surface area contributed by atoms with Gasteiger partial charge in [0.05, 0.1) is 0 Å². The summed E-state index contributed by atoms with van der Waals surface area (Å²) in [4.78, 5) is 20.4. The van der Waals surface area contributed by atoms with Crippen molar-refractivity contribution in [2.24, 2.45) is 0 Å². The van der Waals surface area contributed by atoms with E-state index in [-0.39, 0.29) is 10.8 Å². The summed E-state index contributed by atoms with van der Waals surface area (Å²) < 4.78 is 8.43. The summed E-state index contributed by atoms with van der Waals surface area (Å²) in [5.74, 6) is 0. The van der Waals surface area contributed by atoms with E-state index in [0.717, 1.165) is 0 Å². The van der Waals surface area contributed by atoms with E-state index in [1.165, 1.54) is 0 Å². The summed E-state index contributed by atoms with van der Waals surface area (Å²) in [5.41, 5.74) is -1.17. The molecule has 0 bridgehead atoms. The topological polar surface area (TPSA) is 60.4 Å². The van der Waals surface area contributed by atoms with Gasteiger partial charge >= 0.3 is 11.3 Å². The number of rotatable bonds is 0. The Labute approximate surface area is 41.7 Å². The van der Waals surface area contributed by atoms with Gasteiger partial charge < -0.3 is 8.83 Å². The number of hydrogen-bond acceptors (Lipinski definition) is 4. The van der Waals surface area contributed by atoms with E-state index in [9.17, 15) is 9.59 Å². The van der Waals surface area contributed by atoms with Gasteiger partial charge in [0.2, 0.25) is 0 Å². The van der Waals surface area contributed by atoms with Gasteiger partial charge in [-0.25, -0.2) is 9.59 Å². The molecule has 0 aromatic carbocycles. The van der Waals surface area contributed by atoms with Crippen LogP contribution in [0.25, 0.3) is 0 Å². The molecular weight excluding hydrogens is 112 g/mol. The van der Waals surface area contributed by atoms with Gasteiger partial charge in [0.15, 0.2) is 0 Å². The van der Waals surface area contributed by atoms with Gasteiger partial charge in [-0.3, -0.25) is 0 Å². The van der Waals surface area contributed by atoms with Crippen molar-refractivity contribution in [1.82, 2.24) is 0 Å². The van der Waals surface area contributed by atoms with E-state index in [2.05, 4.69) is 8.83 Å². The second kappa shape index (κ2) is 0.774. The van der Waals surface area contributed by atoms with Crippen molar-refractivity contribution in [3.63, 3.8) is 0 Å². The molecule has 0 saturated carbocycles. The minimum Gasteiger partial charge on any atom is -0.434 e. The van der Waals surface area contributed by atoms with Crippen molar-refractivity contribution in [3.05, 3.63) is 31.7 Å². The molecule has 0 N–H and O–H groups in total. The first-order valence-corrected chi connectivity index (χ1v) is 1.97. The summed E-state index contributed by atoms with van der Waals surface area (Å²) in [7, 11) is 0. The first kappa shape index (κ1) is 3.65. The standard InChI is InChI=1S/C4O4/c5-3-1-2(7-1)4(6)8-3. The molecule has 0 aliphatic carbocycles. The zero-order valence-corrected chi connectivity index (χ0v) is 3.63. The molecule has 0 amide bonds. The normalized spacial score (nSPS) is 11.5. The average molecular weight is 112 g/mol. The maximum absolute atomic E-state index is 10.2. The smallest absolute Gasteiger partial charge is 0.386 e. The Morgan fingerprint density at radius 2 is 1.38 bits per heavy atom. The van der Waals surface area contributed by atoms with Crippen LogP contribution in [0.15, 0.2) is 18.4 Å². The van der Waals surface area contributed by atoms with Crippen LogP contribution in [0.4, 0.5) is 0 Å². The summed E-state index contributed by atoms with van der Waals surface area (Å²) >= 11 is 0. The van der Waals surface area contributed by atoms with Gasteiger partial charge in [-0.05, 0) is 0 Å². The lowest BCUT2D eigenvalue weighted by Gasteiger charge is -1.58. The molecule has 40 valence electrons. The molecule has 2 aliphatic heterocycles. The van der Waals surface area contributed by atoms with E-state index >= 15 is 0 Å². The van der Waals surface area contributed by atoms with Crippen LogP contribution >= 0.6 is 0 Å². The third-order valence-electron chi connectivity index (χ3n) is 0.925. The van der Waals surface area contributed by atoms with Gasteiger partial charge in [0, 0.05) is 0 Å². The quantitative estimate of drug-likeness (QED) is 0.447. The van der Waals surface area contributed by atoms with E-state index in [1.807, 2.05) is 0 Å². The molecule has 0 atom stereocenters. The zero-order valence-electron chi connectivity index (χ0n) is 3.63. The van der Waals surface area contributed by atoms with E-state index < -0.39 is 11.3 Å². The monoisotopic (exact) mass is 112 g/mol. The van der Waals surface area contributed by atoms with Gasteiger partial charge in [0.25, 0.3) is 10.8 Å². The average Bonchev–Trinajstić information content (AvgIpc) is 2.35. The predicted octanol–water partition coefficient (Wildman–Crippen LogP) is -0.807. The van der Waals surface area contributed by atoms with Crippen LogP contribution in [-0.4, -0.2) is 0 Å². The Hall–Kier alpha value is -1.32. The van der Waals surface area contributed by atoms with E-state index in [1.54, 1.807) is 0 Å². The minimum absolute atomic E-state index is 0.0787. The zero-order chi connectivity index (χ0) is 5.72. The third-order valence-corrected chi connectivity index (χ3v) is 0.925. The summed E-state index contributed by atoms with van der Waals surface area (Å²) in [5, 5.41) is 0. The summed E-state index contributed by atoms with van der Waals surface area (Å²) in [6.45, 7) is 0. The Kier molecular flexibility index (Phi) is 0.353. The van der Waals surface area contributed by atoms with Crippen LogP contribution in [0.5, 0.6) is 0 Å². The lowest BCUT2D eigenvalue weighted by atomic mass is 10.7. The maximum atomic E-state index is 10.2. The van der Waals surface area contributed by atoms with Gasteiger partial charge in [-0.2, -0.15) is 0 Å². The molecular formula is C4O4. The van der Waals surface area contributed by atoms with Gasteiger partial charge in [-0.1, -0.05) is 0 Å². The van der Waals surface area contributed by atoms with Gasteiger partial charge in [-0.15, -0.1) is 0 Å². The predicted molar refractivity (Wildman–Crippen MR) is 21.2 cm³/mol. The molecule has 2 heterocycles. The van der Waals surface area contributed by atoms with Crippen LogP contribution in [0.1, 0.15) is 0 Å². The molecule has 0 unspecified atom stereocenters. The molecule has 0 aromatic rings. The Morgan fingerprint density at radius 1 is 0.875 bits per heavy atom. The maximum Gasteiger partial charge on any atom is 0.386 e. The Morgan fingerprint density at radius 3 is 1.50 bits per heavy atom. The molecule has 2 aliphatic rings. The van der Waals surface area contributed by atoms with Gasteiger partial charge in [0.1, 0.15) is 0 Å². The van der Waals surface area contributed by atoms with Crippen LogP contribution in [0, 0.1) is 10.8 Å². The highest BCUT2D eigenvalue weighted by Gasteiger charge is 2.15. The molecule has 0 spiro atoms. The lowest BCUT2D eigenvalue weighted by molar-refractivity contribution is 0.433. The van der Waals surface area contributed by atoms with E-state index in [0.29, 0.717) is 0 Å². The fourth-order valence-corrected chi connectivity index (χ4v) is 0.522. The molecule has 2 rings (SSSR count). The van der Waals surface area contributed by atoms with Crippen molar-refractivity contribution < 1.29 is 8.83 Å². The summed E-state index contributed by atoms with van der Waals surface area (Å²) in [6, 6.07) is 0. The SMILES string of the molecule is O=c1oc(=O)c2oc1=2. The Balaban J connectivity index is 3.39. The molecule has 8 heavy (non-hydrogen) atoms. The second-order valence-electron chi connectivity index (χ2n) is 1.44. The fourth-order valence-electron chi connectivity index (χ4n) is 0.522. The van der Waals surface area contributed by atoms with E-state index in [4.69, 9.17) is 0 Å². The van der Waals surface area contributed by atoms with Crippen LogP contribution in [-0.2, 0) is 0 Å².